The molecular weight excluding hydrogens is 204 g/mol. The van der Waals surface area contributed by atoms with Gasteiger partial charge in [-0.1, -0.05) is 0 Å². The third kappa shape index (κ3) is 1.73. The van der Waals surface area contributed by atoms with E-state index in [0.717, 1.165) is 9.80 Å². The fourth-order valence-electron chi connectivity index (χ4n) is 1.40. The first-order valence-electron chi connectivity index (χ1n) is 4.24. The minimum Gasteiger partial charge on any atom is -0.297 e. The molecule has 15 heavy (non-hydrogen) atoms. The molecule has 0 radical (unpaired) electrons. The lowest BCUT2D eigenvalue weighted by Crippen LogP contribution is -2.41. The van der Waals surface area contributed by atoms with Gasteiger partial charge in [0, 0.05) is 0 Å². The van der Waals surface area contributed by atoms with Gasteiger partial charge in [0.2, 0.25) is 11.8 Å². The lowest BCUT2D eigenvalue weighted by molar-refractivity contribution is -0.118. The first-order valence-corrected chi connectivity index (χ1v) is 4.24. The lowest BCUT2D eigenvalue weighted by atomic mass is 10.5. The topological polar surface area (TPSA) is 98.8 Å². The maximum atomic E-state index is 11.1. The average molecular weight is 212 g/mol. The minimum atomic E-state index is -0.549. The number of nitrogens with zero attached hydrogens (tertiary/aromatic N) is 2. The molecule has 0 aromatic heterocycles. The average Bonchev–Trinajstić information content (AvgIpc) is 2.58. The third-order valence-electron chi connectivity index (χ3n) is 2.08. The maximum Gasteiger partial charge on any atom is 0.325 e. The van der Waals surface area contributed by atoms with Crippen molar-refractivity contribution in [3.63, 3.8) is 0 Å². The summed E-state index contributed by atoms with van der Waals surface area (Å²) in [6, 6.07) is -1.10. The van der Waals surface area contributed by atoms with Gasteiger partial charge in [-0.25, -0.2) is 9.59 Å². The summed E-state index contributed by atoms with van der Waals surface area (Å²) >= 11 is 0. The van der Waals surface area contributed by atoms with Crippen LogP contribution < -0.4 is 10.6 Å². The Morgan fingerprint density at radius 3 is 1.53 bits per heavy atom. The normalized spacial score (nSPS) is 21.1. The van der Waals surface area contributed by atoms with Gasteiger partial charge in [0.1, 0.15) is 19.8 Å². The van der Waals surface area contributed by atoms with Crippen molar-refractivity contribution in [1.29, 1.82) is 0 Å². The van der Waals surface area contributed by atoms with Crippen molar-refractivity contribution >= 4 is 23.9 Å². The Morgan fingerprint density at radius 2 is 1.27 bits per heavy atom. The SMILES string of the molecule is O=C1CN(CN2CC(=O)NC2=O)C(=O)N1. The van der Waals surface area contributed by atoms with E-state index in [1.165, 1.54) is 0 Å². The summed E-state index contributed by atoms with van der Waals surface area (Å²) < 4.78 is 0. The number of hydrogen-bond donors (Lipinski definition) is 2. The molecule has 0 saturated carbocycles. The monoisotopic (exact) mass is 212 g/mol. The molecule has 2 fully saturated rings. The van der Waals surface area contributed by atoms with E-state index in [-0.39, 0.29) is 19.8 Å². The van der Waals surface area contributed by atoms with E-state index in [2.05, 4.69) is 10.6 Å². The molecule has 2 N–H and O–H groups in total. The van der Waals surface area contributed by atoms with Crippen molar-refractivity contribution in [2.24, 2.45) is 0 Å². The third-order valence-corrected chi connectivity index (χ3v) is 2.08. The molecule has 0 atom stereocenters. The molecule has 0 aliphatic carbocycles. The standard InChI is InChI=1S/C7H8N4O4/c12-4-1-10(6(14)8-4)3-11-2-5(13)9-7(11)15/h1-3H2,(H,8,12,14)(H,9,13,15). The van der Waals surface area contributed by atoms with E-state index in [0.29, 0.717) is 0 Å². The van der Waals surface area contributed by atoms with Crippen LogP contribution in [0.15, 0.2) is 0 Å². The molecule has 0 bridgehead atoms. The van der Waals surface area contributed by atoms with Crippen LogP contribution >= 0.6 is 0 Å². The quantitative estimate of drug-likeness (QED) is 0.519. The number of amides is 6. The van der Waals surface area contributed by atoms with E-state index in [1.54, 1.807) is 0 Å². The number of hydrogen-bond acceptors (Lipinski definition) is 4. The smallest absolute Gasteiger partial charge is 0.297 e. The van der Waals surface area contributed by atoms with Crippen molar-refractivity contribution in [1.82, 2.24) is 20.4 Å². The van der Waals surface area contributed by atoms with E-state index >= 15 is 0 Å². The van der Waals surface area contributed by atoms with Crippen molar-refractivity contribution in [2.75, 3.05) is 19.8 Å². The van der Waals surface area contributed by atoms with Crippen molar-refractivity contribution in [2.45, 2.75) is 0 Å². The highest BCUT2D eigenvalue weighted by atomic mass is 16.2. The number of carbonyl (C=O) groups is 4. The first-order chi connectivity index (χ1) is 7.06. The molecule has 8 nitrogen and oxygen atoms in total. The maximum absolute atomic E-state index is 11.1. The molecule has 2 heterocycles. The summed E-state index contributed by atoms with van der Waals surface area (Å²) in [4.78, 5) is 46.2. The van der Waals surface area contributed by atoms with Gasteiger partial charge in [0.15, 0.2) is 0 Å². The molecule has 2 rings (SSSR count). The molecule has 8 heteroatoms. The van der Waals surface area contributed by atoms with Gasteiger partial charge in [0.25, 0.3) is 0 Å². The molecule has 0 aromatic rings. The predicted molar refractivity (Wildman–Crippen MR) is 45.4 cm³/mol. The summed E-state index contributed by atoms with van der Waals surface area (Å²) in [6.07, 6.45) is 0. The summed E-state index contributed by atoms with van der Waals surface area (Å²) in [7, 11) is 0. The lowest BCUT2D eigenvalue weighted by Gasteiger charge is -2.19. The van der Waals surface area contributed by atoms with Gasteiger partial charge < -0.3 is 0 Å². The summed E-state index contributed by atoms with van der Waals surface area (Å²) in [6.45, 7) is -0.233. The Labute approximate surface area is 84.2 Å². The zero-order chi connectivity index (χ0) is 11.0. The number of rotatable bonds is 2. The summed E-state index contributed by atoms with van der Waals surface area (Å²) in [5, 5.41) is 4.14. The van der Waals surface area contributed by atoms with E-state index in [9.17, 15) is 19.2 Å². The zero-order valence-electron chi connectivity index (χ0n) is 7.65. The molecule has 2 saturated heterocycles. The summed E-state index contributed by atoms with van der Waals surface area (Å²) in [5.41, 5.74) is 0. The predicted octanol–water partition coefficient (Wildman–Crippen LogP) is -1.95. The zero-order valence-corrected chi connectivity index (χ0v) is 7.65. The highest BCUT2D eigenvalue weighted by Crippen LogP contribution is 2.04. The number of carbonyl (C=O) groups excluding carboxylic acids is 4. The minimum absolute atomic E-state index is 0.0604. The van der Waals surface area contributed by atoms with Gasteiger partial charge in [-0.05, 0) is 0 Å². The number of nitrogens with one attached hydrogen (secondary N) is 2. The Morgan fingerprint density at radius 1 is 0.867 bits per heavy atom. The molecule has 2 aliphatic rings. The fourth-order valence-corrected chi connectivity index (χ4v) is 1.40. The molecule has 6 amide bonds. The van der Waals surface area contributed by atoms with Crippen LogP contribution in [0.3, 0.4) is 0 Å². The van der Waals surface area contributed by atoms with Crippen LogP contribution in [-0.4, -0.2) is 53.4 Å². The Balaban J connectivity index is 1.98. The van der Waals surface area contributed by atoms with E-state index in [1.807, 2.05) is 0 Å². The Bertz CT molecular complexity index is 332. The number of imide groups is 2. The molecule has 0 unspecified atom stereocenters. The molecule has 2 aliphatic heterocycles. The fraction of sp³-hybridized carbons (Fsp3) is 0.429. The second kappa shape index (κ2) is 3.23. The second-order valence-electron chi connectivity index (χ2n) is 3.24. The van der Waals surface area contributed by atoms with Gasteiger partial charge in [0.05, 0.1) is 0 Å². The highest BCUT2D eigenvalue weighted by Gasteiger charge is 2.33. The molecule has 0 aromatic carbocycles. The van der Waals surface area contributed by atoms with E-state index < -0.39 is 23.9 Å². The first kappa shape index (κ1) is 9.44. The Hall–Kier alpha value is -2.12. The van der Waals surface area contributed by atoms with Crippen molar-refractivity contribution in [3.05, 3.63) is 0 Å². The Kier molecular flexibility index (Phi) is 2.03. The van der Waals surface area contributed by atoms with Crippen LogP contribution in [0.25, 0.3) is 0 Å². The number of urea groups is 2. The highest BCUT2D eigenvalue weighted by molar-refractivity contribution is 6.03. The van der Waals surface area contributed by atoms with Crippen LogP contribution in [0.2, 0.25) is 0 Å². The van der Waals surface area contributed by atoms with Gasteiger partial charge in [-0.2, -0.15) is 0 Å². The van der Waals surface area contributed by atoms with Crippen LogP contribution in [0.1, 0.15) is 0 Å². The van der Waals surface area contributed by atoms with Crippen molar-refractivity contribution < 1.29 is 19.2 Å². The molecule has 80 valence electrons. The molecular formula is C7H8N4O4. The van der Waals surface area contributed by atoms with Crippen LogP contribution in [-0.2, 0) is 9.59 Å². The van der Waals surface area contributed by atoms with Crippen LogP contribution in [0, 0.1) is 0 Å². The van der Waals surface area contributed by atoms with Crippen LogP contribution in [0.4, 0.5) is 9.59 Å². The van der Waals surface area contributed by atoms with Crippen molar-refractivity contribution in [3.8, 4) is 0 Å². The van der Waals surface area contributed by atoms with Gasteiger partial charge in [-0.3, -0.25) is 30.0 Å². The van der Waals surface area contributed by atoms with Crippen LogP contribution in [0.5, 0.6) is 0 Å². The largest absolute Gasteiger partial charge is 0.325 e. The van der Waals surface area contributed by atoms with E-state index in [4.69, 9.17) is 0 Å². The molecule has 0 spiro atoms. The van der Waals surface area contributed by atoms with Gasteiger partial charge >= 0.3 is 12.1 Å². The second-order valence-corrected chi connectivity index (χ2v) is 3.24. The summed E-state index contributed by atoms with van der Waals surface area (Å²) in [5.74, 6) is -0.822. The van der Waals surface area contributed by atoms with Gasteiger partial charge in [-0.15, -0.1) is 0 Å².